The minimum Gasteiger partial charge on any atom is -0.372 e. The third-order valence-electron chi connectivity index (χ3n) is 3.65. The third-order valence-corrected chi connectivity index (χ3v) is 4.85. The van der Waals surface area contributed by atoms with Crippen LogP contribution in [0.5, 0.6) is 0 Å². The number of aryl methyl sites for hydroxylation is 1. The average Bonchev–Trinajstić information content (AvgIpc) is 2.84. The van der Waals surface area contributed by atoms with Gasteiger partial charge in [0.15, 0.2) is 0 Å². The second-order valence-electron chi connectivity index (χ2n) is 4.85. The molecular weight excluding hydrogens is 230 g/mol. The Bertz CT molecular complexity index is 337. The summed E-state index contributed by atoms with van der Waals surface area (Å²) in [5.74, 6) is 0.578. The highest BCUT2D eigenvalue weighted by molar-refractivity contribution is 7.11. The lowest BCUT2D eigenvalue weighted by Gasteiger charge is -2.30. The average molecular weight is 253 g/mol. The summed E-state index contributed by atoms with van der Waals surface area (Å²) in [5.41, 5.74) is 5.81. The van der Waals surface area contributed by atoms with Crippen LogP contribution in [0.15, 0.2) is 12.1 Å². The van der Waals surface area contributed by atoms with Crippen molar-refractivity contribution in [3.05, 3.63) is 21.9 Å². The molecule has 0 aromatic carbocycles. The molecular formula is C14H23NOS. The number of nitrogens with two attached hydrogens (primary N) is 1. The summed E-state index contributed by atoms with van der Waals surface area (Å²) in [6, 6.07) is 4.41. The van der Waals surface area contributed by atoms with Crippen LogP contribution in [0.3, 0.4) is 0 Å². The van der Waals surface area contributed by atoms with Crippen LogP contribution < -0.4 is 5.73 Å². The lowest BCUT2D eigenvalue weighted by Crippen LogP contribution is -2.32. The van der Waals surface area contributed by atoms with E-state index in [1.165, 1.54) is 35.4 Å². The lowest BCUT2D eigenvalue weighted by atomic mass is 9.86. The zero-order chi connectivity index (χ0) is 12.1. The van der Waals surface area contributed by atoms with Gasteiger partial charge in [0.05, 0.1) is 12.7 Å². The van der Waals surface area contributed by atoms with Gasteiger partial charge >= 0.3 is 0 Å². The van der Waals surface area contributed by atoms with Crippen LogP contribution in [-0.2, 0) is 17.8 Å². The van der Waals surface area contributed by atoms with Crippen molar-refractivity contribution in [3.63, 3.8) is 0 Å². The Morgan fingerprint density at radius 1 is 1.29 bits per heavy atom. The molecule has 1 aliphatic carbocycles. The Labute approximate surface area is 108 Å². The van der Waals surface area contributed by atoms with Gasteiger partial charge in [-0.2, -0.15) is 0 Å². The van der Waals surface area contributed by atoms with Crippen molar-refractivity contribution in [2.75, 3.05) is 6.54 Å². The molecule has 1 saturated carbocycles. The molecule has 2 atom stereocenters. The molecule has 0 aliphatic heterocycles. The van der Waals surface area contributed by atoms with E-state index in [0.717, 1.165) is 19.6 Å². The van der Waals surface area contributed by atoms with Crippen LogP contribution in [-0.4, -0.2) is 12.6 Å². The largest absolute Gasteiger partial charge is 0.372 e. The maximum atomic E-state index is 6.06. The van der Waals surface area contributed by atoms with Gasteiger partial charge in [-0.15, -0.1) is 11.3 Å². The number of thiophene rings is 1. The highest BCUT2D eigenvalue weighted by atomic mass is 32.1. The highest BCUT2D eigenvalue weighted by Crippen LogP contribution is 2.27. The van der Waals surface area contributed by atoms with E-state index in [1.807, 2.05) is 11.3 Å². The Morgan fingerprint density at radius 3 is 2.76 bits per heavy atom. The maximum absolute atomic E-state index is 6.06. The molecule has 1 fully saturated rings. The summed E-state index contributed by atoms with van der Waals surface area (Å²) in [5, 5.41) is 0. The molecule has 2 nitrogen and oxygen atoms in total. The molecule has 2 N–H and O–H groups in total. The second kappa shape index (κ2) is 6.53. The van der Waals surface area contributed by atoms with E-state index < -0.39 is 0 Å². The van der Waals surface area contributed by atoms with E-state index in [0.29, 0.717) is 12.0 Å². The molecule has 2 rings (SSSR count). The summed E-state index contributed by atoms with van der Waals surface area (Å²) < 4.78 is 6.06. The number of hydrogen-bond donors (Lipinski definition) is 1. The predicted molar refractivity (Wildman–Crippen MR) is 73.3 cm³/mol. The number of ether oxygens (including phenoxy) is 1. The van der Waals surface area contributed by atoms with Gasteiger partial charge in [-0.1, -0.05) is 19.8 Å². The van der Waals surface area contributed by atoms with Gasteiger partial charge in [-0.3, -0.25) is 0 Å². The van der Waals surface area contributed by atoms with Gasteiger partial charge in [-0.05, 0) is 43.9 Å². The first kappa shape index (κ1) is 13.1. The molecule has 0 saturated heterocycles. The lowest BCUT2D eigenvalue weighted by molar-refractivity contribution is -0.0171. The van der Waals surface area contributed by atoms with Gasteiger partial charge in [0, 0.05) is 9.75 Å². The van der Waals surface area contributed by atoms with Crippen molar-refractivity contribution < 1.29 is 4.74 Å². The molecule has 2 unspecified atom stereocenters. The standard InChI is InChI=1S/C14H23NOS/c1-2-12-7-8-13(17-12)10-16-14-6-4-3-5-11(14)9-15/h7-8,11,14H,2-6,9-10,15H2,1H3. The molecule has 96 valence electrons. The Kier molecular flexibility index (Phi) is 5.01. The van der Waals surface area contributed by atoms with E-state index in [4.69, 9.17) is 10.5 Å². The molecule has 3 heteroatoms. The van der Waals surface area contributed by atoms with Crippen molar-refractivity contribution in [2.45, 2.75) is 51.7 Å². The summed E-state index contributed by atoms with van der Waals surface area (Å²) >= 11 is 1.87. The van der Waals surface area contributed by atoms with Crippen molar-refractivity contribution in [3.8, 4) is 0 Å². The van der Waals surface area contributed by atoms with E-state index >= 15 is 0 Å². The Balaban J connectivity index is 1.83. The smallest absolute Gasteiger partial charge is 0.0813 e. The summed E-state index contributed by atoms with van der Waals surface area (Å²) in [6.45, 7) is 3.74. The molecule has 1 heterocycles. The number of hydrogen-bond acceptors (Lipinski definition) is 3. The van der Waals surface area contributed by atoms with Gasteiger partial charge in [0.2, 0.25) is 0 Å². The van der Waals surface area contributed by atoms with Crippen molar-refractivity contribution in [1.29, 1.82) is 0 Å². The quantitative estimate of drug-likeness (QED) is 0.873. The summed E-state index contributed by atoms with van der Waals surface area (Å²) in [7, 11) is 0. The molecule has 0 radical (unpaired) electrons. The van der Waals surface area contributed by atoms with E-state index in [2.05, 4.69) is 19.1 Å². The van der Waals surface area contributed by atoms with Gasteiger partial charge in [0.1, 0.15) is 0 Å². The minimum absolute atomic E-state index is 0.390. The second-order valence-corrected chi connectivity index (χ2v) is 6.10. The van der Waals surface area contributed by atoms with E-state index in [1.54, 1.807) is 0 Å². The first-order valence-corrected chi connectivity index (χ1v) is 7.54. The fourth-order valence-corrected chi connectivity index (χ4v) is 3.42. The molecule has 0 bridgehead atoms. The topological polar surface area (TPSA) is 35.2 Å². The van der Waals surface area contributed by atoms with Crippen molar-refractivity contribution in [2.24, 2.45) is 11.7 Å². The molecule has 1 aromatic rings. The SMILES string of the molecule is CCc1ccc(COC2CCCCC2CN)s1. The van der Waals surface area contributed by atoms with Gasteiger partial charge in [0.25, 0.3) is 0 Å². The Morgan fingerprint density at radius 2 is 2.06 bits per heavy atom. The van der Waals surface area contributed by atoms with Crippen LogP contribution in [0.1, 0.15) is 42.4 Å². The molecule has 0 spiro atoms. The normalized spacial score (nSPS) is 25.1. The first-order chi connectivity index (χ1) is 8.33. The monoisotopic (exact) mass is 253 g/mol. The summed E-state index contributed by atoms with van der Waals surface area (Å²) in [6.07, 6.45) is 6.56. The number of rotatable bonds is 5. The van der Waals surface area contributed by atoms with Crippen LogP contribution in [0, 0.1) is 5.92 Å². The van der Waals surface area contributed by atoms with Crippen molar-refractivity contribution in [1.82, 2.24) is 0 Å². The fraction of sp³-hybridized carbons (Fsp3) is 0.714. The van der Waals surface area contributed by atoms with Gasteiger partial charge in [-0.25, -0.2) is 0 Å². The summed E-state index contributed by atoms with van der Waals surface area (Å²) in [4.78, 5) is 2.80. The van der Waals surface area contributed by atoms with Crippen molar-refractivity contribution >= 4 is 11.3 Å². The molecule has 1 aromatic heterocycles. The molecule has 0 amide bonds. The fourth-order valence-electron chi connectivity index (χ4n) is 2.54. The molecule has 17 heavy (non-hydrogen) atoms. The minimum atomic E-state index is 0.390. The van der Waals surface area contributed by atoms with Crippen LogP contribution >= 0.6 is 11.3 Å². The zero-order valence-corrected chi connectivity index (χ0v) is 11.5. The van der Waals surface area contributed by atoms with E-state index in [-0.39, 0.29) is 0 Å². The van der Waals surface area contributed by atoms with Gasteiger partial charge < -0.3 is 10.5 Å². The highest BCUT2D eigenvalue weighted by Gasteiger charge is 2.24. The van der Waals surface area contributed by atoms with Crippen LogP contribution in [0.4, 0.5) is 0 Å². The Hall–Kier alpha value is -0.380. The van der Waals surface area contributed by atoms with E-state index in [9.17, 15) is 0 Å². The van der Waals surface area contributed by atoms with Crippen LogP contribution in [0.25, 0.3) is 0 Å². The molecule has 1 aliphatic rings. The first-order valence-electron chi connectivity index (χ1n) is 6.72. The maximum Gasteiger partial charge on any atom is 0.0813 e. The predicted octanol–water partition coefficient (Wildman–Crippen LogP) is 3.34. The van der Waals surface area contributed by atoms with Crippen LogP contribution in [0.2, 0.25) is 0 Å². The zero-order valence-electron chi connectivity index (χ0n) is 10.7. The third kappa shape index (κ3) is 3.54.